The van der Waals surface area contributed by atoms with E-state index in [4.69, 9.17) is 9.47 Å². The predicted molar refractivity (Wildman–Crippen MR) is 111 cm³/mol. The number of guanidine groups is 1. The molecule has 1 aliphatic rings. The molecule has 9 heteroatoms. The van der Waals surface area contributed by atoms with Crippen molar-refractivity contribution in [1.82, 2.24) is 10.6 Å². The van der Waals surface area contributed by atoms with Crippen molar-refractivity contribution >= 4 is 29.9 Å². The summed E-state index contributed by atoms with van der Waals surface area (Å²) in [5.41, 5.74) is 0.529. The van der Waals surface area contributed by atoms with Crippen molar-refractivity contribution in [2.24, 2.45) is 4.99 Å². The molecule has 1 unspecified atom stereocenters. The molecule has 1 aliphatic heterocycles. The molecule has 0 aliphatic carbocycles. The molecule has 1 fully saturated rings. The Kier molecular flexibility index (Phi) is 11.3. The molecule has 1 aromatic carbocycles. The van der Waals surface area contributed by atoms with Gasteiger partial charge in [0, 0.05) is 25.3 Å². The zero-order chi connectivity index (χ0) is 18.8. The molecule has 0 bridgehead atoms. The van der Waals surface area contributed by atoms with Crippen LogP contribution in [0.3, 0.4) is 0 Å². The quantitative estimate of drug-likeness (QED) is 0.309. The number of hydrogen-bond donors (Lipinski definition) is 2. The van der Waals surface area contributed by atoms with Crippen molar-refractivity contribution in [1.29, 1.82) is 0 Å². The molecule has 27 heavy (non-hydrogen) atoms. The molecule has 2 N–H and O–H groups in total. The third-order valence-electron chi connectivity index (χ3n) is 4.02. The highest BCUT2D eigenvalue weighted by Gasteiger charge is 2.15. The lowest BCUT2D eigenvalue weighted by Gasteiger charge is -2.15. The van der Waals surface area contributed by atoms with E-state index in [-0.39, 0.29) is 36.3 Å². The Morgan fingerprint density at radius 1 is 1.37 bits per heavy atom. The Labute approximate surface area is 176 Å². The van der Waals surface area contributed by atoms with Gasteiger partial charge in [0.2, 0.25) is 0 Å². The summed E-state index contributed by atoms with van der Waals surface area (Å²) >= 11 is 0. The van der Waals surface area contributed by atoms with Crippen LogP contribution in [-0.4, -0.2) is 45.5 Å². The van der Waals surface area contributed by atoms with Crippen LogP contribution < -0.4 is 20.1 Å². The zero-order valence-corrected chi connectivity index (χ0v) is 18.0. The van der Waals surface area contributed by atoms with Crippen LogP contribution in [-0.2, 0) is 11.3 Å². The SMILES string of the molecule is CCNC(=NCc1cc(OC)ccc1OC(F)F)NCCC1CCCO1.I. The molecule has 6 nitrogen and oxygen atoms in total. The number of nitrogens with one attached hydrogen (secondary N) is 2. The molecule has 0 radical (unpaired) electrons. The fraction of sp³-hybridized carbons (Fsp3) is 0.611. The highest BCUT2D eigenvalue weighted by molar-refractivity contribution is 14.0. The molecule has 0 spiro atoms. The van der Waals surface area contributed by atoms with Gasteiger partial charge in [0.05, 0.1) is 19.8 Å². The van der Waals surface area contributed by atoms with E-state index in [1.807, 2.05) is 6.92 Å². The molecule has 0 saturated carbocycles. The normalized spacial score (nSPS) is 16.8. The first-order valence-electron chi connectivity index (χ1n) is 8.88. The minimum atomic E-state index is -2.89. The summed E-state index contributed by atoms with van der Waals surface area (Å²) in [4.78, 5) is 4.46. The summed E-state index contributed by atoms with van der Waals surface area (Å²) in [6.07, 6.45) is 3.41. The van der Waals surface area contributed by atoms with E-state index in [0.29, 0.717) is 29.9 Å². The van der Waals surface area contributed by atoms with Gasteiger partial charge in [-0.05, 0) is 44.4 Å². The number of nitrogens with zero attached hydrogens (tertiary/aromatic N) is 1. The number of methoxy groups -OCH3 is 1. The molecule has 0 amide bonds. The molecular formula is C18H28F2IN3O3. The lowest BCUT2D eigenvalue weighted by molar-refractivity contribution is -0.0504. The number of alkyl halides is 2. The second-order valence-corrected chi connectivity index (χ2v) is 5.90. The van der Waals surface area contributed by atoms with Gasteiger partial charge in [-0.2, -0.15) is 8.78 Å². The minimum Gasteiger partial charge on any atom is -0.497 e. The molecule has 1 saturated heterocycles. The van der Waals surface area contributed by atoms with Crippen LogP contribution in [0.5, 0.6) is 11.5 Å². The average Bonchev–Trinajstić information content (AvgIpc) is 3.13. The summed E-state index contributed by atoms with van der Waals surface area (Å²) in [6.45, 7) is 1.53. The van der Waals surface area contributed by atoms with Gasteiger partial charge < -0.3 is 24.8 Å². The molecule has 154 valence electrons. The molecule has 1 heterocycles. The third-order valence-corrected chi connectivity index (χ3v) is 4.02. The molecular weight excluding hydrogens is 471 g/mol. The smallest absolute Gasteiger partial charge is 0.387 e. The lowest BCUT2D eigenvalue weighted by Crippen LogP contribution is -2.38. The fourth-order valence-corrected chi connectivity index (χ4v) is 2.75. The first-order chi connectivity index (χ1) is 12.6. The van der Waals surface area contributed by atoms with Crippen LogP contribution in [0.4, 0.5) is 8.78 Å². The monoisotopic (exact) mass is 499 g/mol. The van der Waals surface area contributed by atoms with Crippen molar-refractivity contribution in [3.8, 4) is 11.5 Å². The predicted octanol–water partition coefficient (Wildman–Crippen LogP) is 3.54. The number of benzene rings is 1. The van der Waals surface area contributed by atoms with E-state index in [1.165, 1.54) is 13.2 Å². The van der Waals surface area contributed by atoms with Gasteiger partial charge in [-0.1, -0.05) is 0 Å². The standard InChI is InChI=1S/C18H27F2N3O3.HI/c1-3-21-18(22-9-8-14-5-4-10-25-14)23-12-13-11-15(24-2)6-7-16(13)26-17(19)20;/h6-7,11,14,17H,3-5,8-10,12H2,1-2H3,(H2,21,22,23);1H. The van der Waals surface area contributed by atoms with Gasteiger partial charge in [-0.25, -0.2) is 4.99 Å². The summed E-state index contributed by atoms with van der Waals surface area (Å²) in [7, 11) is 1.52. The van der Waals surface area contributed by atoms with E-state index in [0.717, 1.165) is 32.4 Å². The number of rotatable bonds is 9. The third kappa shape index (κ3) is 8.46. The van der Waals surface area contributed by atoms with Gasteiger partial charge in [0.1, 0.15) is 11.5 Å². The first kappa shape index (κ1) is 23.7. The topological polar surface area (TPSA) is 64.1 Å². The van der Waals surface area contributed by atoms with Gasteiger partial charge in [-0.15, -0.1) is 24.0 Å². The van der Waals surface area contributed by atoms with Crippen molar-refractivity contribution < 1.29 is 23.0 Å². The Morgan fingerprint density at radius 2 is 2.19 bits per heavy atom. The number of ether oxygens (including phenoxy) is 3. The van der Waals surface area contributed by atoms with Crippen LogP contribution in [0.15, 0.2) is 23.2 Å². The molecule has 2 rings (SSSR count). The highest BCUT2D eigenvalue weighted by atomic mass is 127. The fourth-order valence-electron chi connectivity index (χ4n) is 2.75. The van der Waals surface area contributed by atoms with Crippen LogP contribution >= 0.6 is 24.0 Å². The van der Waals surface area contributed by atoms with E-state index in [2.05, 4.69) is 20.4 Å². The van der Waals surface area contributed by atoms with Crippen molar-refractivity contribution in [2.75, 3.05) is 26.8 Å². The van der Waals surface area contributed by atoms with Gasteiger partial charge in [0.15, 0.2) is 5.96 Å². The van der Waals surface area contributed by atoms with Crippen LogP contribution in [0.2, 0.25) is 0 Å². The second kappa shape index (κ2) is 12.9. The lowest BCUT2D eigenvalue weighted by atomic mass is 10.2. The maximum atomic E-state index is 12.6. The Balaban J connectivity index is 0.00000364. The Bertz CT molecular complexity index is 585. The van der Waals surface area contributed by atoms with Crippen molar-refractivity contribution in [3.63, 3.8) is 0 Å². The van der Waals surface area contributed by atoms with Crippen molar-refractivity contribution in [3.05, 3.63) is 23.8 Å². The van der Waals surface area contributed by atoms with Crippen LogP contribution in [0, 0.1) is 0 Å². The second-order valence-electron chi connectivity index (χ2n) is 5.90. The molecule has 1 atom stereocenters. The Hall–Kier alpha value is -1.36. The molecule has 0 aromatic heterocycles. The van der Waals surface area contributed by atoms with E-state index < -0.39 is 6.61 Å². The zero-order valence-electron chi connectivity index (χ0n) is 15.7. The number of aliphatic imine (C=N–C) groups is 1. The Morgan fingerprint density at radius 3 is 2.81 bits per heavy atom. The highest BCUT2D eigenvalue weighted by Crippen LogP contribution is 2.26. The van der Waals surface area contributed by atoms with Gasteiger partial charge in [-0.3, -0.25) is 0 Å². The van der Waals surface area contributed by atoms with E-state index in [9.17, 15) is 8.78 Å². The largest absolute Gasteiger partial charge is 0.497 e. The molecule has 1 aromatic rings. The van der Waals surface area contributed by atoms with E-state index in [1.54, 1.807) is 12.1 Å². The maximum absolute atomic E-state index is 12.6. The summed E-state index contributed by atoms with van der Waals surface area (Å²) in [5, 5.41) is 6.39. The minimum absolute atomic E-state index is 0. The summed E-state index contributed by atoms with van der Waals surface area (Å²) < 4.78 is 40.5. The summed E-state index contributed by atoms with van der Waals surface area (Å²) in [6, 6.07) is 4.70. The first-order valence-corrected chi connectivity index (χ1v) is 8.88. The van der Waals surface area contributed by atoms with Crippen LogP contribution in [0.25, 0.3) is 0 Å². The number of halogens is 3. The van der Waals surface area contributed by atoms with E-state index >= 15 is 0 Å². The van der Waals surface area contributed by atoms with Crippen LogP contribution in [0.1, 0.15) is 31.7 Å². The maximum Gasteiger partial charge on any atom is 0.387 e. The van der Waals surface area contributed by atoms with Gasteiger partial charge >= 0.3 is 6.61 Å². The average molecular weight is 499 g/mol. The van der Waals surface area contributed by atoms with Crippen molar-refractivity contribution in [2.45, 2.75) is 45.4 Å². The van der Waals surface area contributed by atoms with Gasteiger partial charge in [0.25, 0.3) is 0 Å². The number of hydrogen-bond acceptors (Lipinski definition) is 4. The summed E-state index contributed by atoms with van der Waals surface area (Å²) in [5.74, 6) is 1.28.